The lowest BCUT2D eigenvalue weighted by Gasteiger charge is -2.71. The number of allylic oxidation sites excluding steroid dienone is 2. The highest BCUT2D eigenvalue weighted by Gasteiger charge is 2.71. The van der Waals surface area contributed by atoms with Crippen LogP contribution >= 0.6 is 0 Å². The van der Waals surface area contributed by atoms with Crippen molar-refractivity contribution in [2.75, 3.05) is 20.3 Å². The topological polar surface area (TPSA) is 189 Å². The summed E-state index contributed by atoms with van der Waals surface area (Å²) in [6.45, 7) is 12.0. The number of hydrogen-bond acceptors (Lipinski definition) is 12. The number of fused-ring (bicyclic) bond motifs is 7. The maximum atomic E-state index is 14.6. The molecule has 0 radical (unpaired) electrons. The minimum absolute atomic E-state index is 0.0595. The fourth-order valence-corrected chi connectivity index (χ4v) is 12.5. The van der Waals surface area contributed by atoms with Crippen molar-refractivity contribution in [3.05, 3.63) is 11.6 Å². The standard InChI is InChI=1S/C39H60O12/c1-21(41)49-20-34(2)14-16-39(33(47)51-31-30(45)29(44)28(43)24(19-40)50-31)17-15-36(4)22(23(39)18-34)8-9-25-35(3)12-11-27(42)38(6,32(46)48-7)26(35)10-13-37(25,36)5/h8,23-31,40,42-45H,9-20H2,1-7H3/t23-,24+,25+,26+,27-,28+,29-,30+,31-,34+,35+,36+,37+,38-,39-/m0/s1. The number of ether oxygens (including phenoxy) is 4. The normalized spacial score (nSPS) is 50.7. The molecule has 12 nitrogen and oxygen atoms in total. The first-order valence-electron chi connectivity index (χ1n) is 18.9. The van der Waals surface area contributed by atoms with Crippen LogP contribution < -0.4 is 0 Å². The lowest BCUT2D eigenvalue weighted by Crippen LogP contribution is -2.67. The highest BCUT2D eigenvalue weighted by molar-refractivity contribution is 5.79. The zero-order valence-electron chi connectivity index (χ0n) is 31.4. The summed E-state index contributed by atoms with van der Waals surface area (Å²) in [7, 11) is 1.39. The predicted octanol–water partition coefficient (Wildman–Crippen LogP) is 3.19. The second-order valence-electron chi connectivity index (χ2n) is 18.2. The average molecular weight is 721 g/mol. The second-order valence-corrected chi connectivity index (χ2v) is 18.2. The van der Waals surface area contributed by atoms with Crippen molar-refractivity contribution in [3.63, 3.8) is 0 Å². The Labute approximate surface area is 301 Å². The van der Waals surface area contributed by atoms with Gasteiger partial charge < -0.3 is 44.5 Å². The number of rotatable bonds is 6. The van der Waals surface area contributed by atoms with Gasteiger partial charge in [0.1, 0.15) is 24.4 Å². The highest BCUT2D eigenvalue weighted by Crippen LogP contribution is 2.76. The van der Waals surface area contributed by atoms with Crippen molar-refractivity contribution in [2.45, 2.75) is 143 Å². The van der Waals surface area contributed by atoms with Gasteiger partial charge in [0.25, 0.3) is 0 Å². The van der Waals surface area contributed by atoms with Crippen LogP contribution in [0.4, 0.5) is 0 Å². The molecule has 5 fully saturated rings. The smallest absolute Gasteiger partial charge is 0.315 e. The molecule has 0 unspecified atom stereocenters. The molecule has 0 aromatic carbocycles. The van der Waals surface area contributed by atoms with E-state index < -0.39 is 65.6 Å². The molecule has 0 bridgehead atoms. The Balaban J connectivity index is 1.38. The Morgan fingerprint density at radius 1 is 0.863 bits per heavy atom. The van der Waals surface area contributed by atoms with Gasteiger partial charge in [-0.25, -0.2) is 0 Å². The van der Waals surface area contributed by atoms with Crippen molar-refractivity contribution in [1.82, 2.24) is 0 Å². The van der Waals surface area contributed by atoms with E-state index in [1.54, 1.807) is 0 Å². The Hall–Kier alpha value is -2.09. The molecular weight excluding hydrogens is 660 g/mol. The summed E-state index contributed by atoms with van der Waals surface area (Å²) >= 11 is 0. The van der Waals surface area contributed by atoms with E-state index in [0.29, 0.717) is 38.5 Å². The summed E-state index contributed by atoms with van der Waals surface area (Å²) in [5.74, 6) is -1.40. The first-order chi connectivity index (χ1) is 23.8. The molecule has 5 aliphatic carbocycles. The molecule has 4 saturated carbocycles. The average Bonchev–Trinajstić information content (AvgIpc) is 3.09. The lowest BCUT2D eigenvalue weighted by molar-refractivity contribution is -0.297. The maximum Gasteiger partial charge on any atom is 0.315 e. The van der Waals surface area contributed by atoms with Crippen molar-refractivity contribution >= 4 is 17.9 Å². The zero-order valence-corrected chi connectivity index (χ0v) is 31.4. The van der Waals surface area contributed by atoms with Crippen LogP contribution in [-0.4, -0.2) is 101 Å². The molecule has 6 rings (SSSR count). The molecule has 0 spiro atoms. The number of methoxy groups -OCH3 is 1. The van der Waals surface area contributed by atoms with Gasteiger partial charge >= 0.3 is 17.9 Å². The summed E-state index contributed by atoms with van der Waals surface area (Å²) in [5, 5.41) is 52.6. The molecule has 5 N–H and O–H groups in total. The molecule has 51 heavy (non-hydrogen) atoms. The second kappa shape index (κ2) is 13.0. The van der Waals surface area contributed by atoms with E-state index in [9.17, 15) is 39.9 Å². The van der Waals surface area contributed by atoms with E-state index in [1.165, 1.54) is 19.6 Å². The van der Waals surface area contributed by atoms with Crippen molar-refractivity contribution in [3.8, 4) is 0 Å². The monoisotopic (exact) mass is 720 g/mol. The summed E-state index contributed by atoms with van der Waals surface area (Å²) in [5.41, 5.74) is -1.97. The number of hydrogen-bond donors (Lipinski definition) is 5. The third-order valence-electron chi connectivity index (χ3n) is 15.9. The fraction of sp³-hybridized carbons (Fsp3) is 0.872. The van der Waals surface area contributed by atoms with E-state index in [4.69, 9.17) is 18.9 Å². The van der Waals surface area contributed by atoms with Crippen molar-refractivity contribution < 1.29 is 58.9 Å². The van der Waals surface area contributed by atoms with E-state index >= 15 is 0 Å². The van der Waals surface area contributed by atoms with Gasteiger partial charge in [0.05, 0.1) is 37.3 Å². The van der Waals surface area contributed by atoms with Gasteiger partial charge in [0.2, 0.25) is 6.29 Å². The summed E-state index contributed by atoms with van der Waals surface area (Å²) in [6, 6.07) is 0. The molecule has 0 aromatic rings. The summed E-state index contributed by atoms with van der Waals surface area (Å²) in [6.07, 6.45) is 0.290. The first-order valence-corrected chi connectivity index (χ1v) is 18.9. The molecule has 1 saturated heterocycles. The van der Waals surface area contributed by atoms with Crippen LogP contribution in [0.3, 0.4) is 0 Å². The minimum Gasteiger partial charge on any atom is -0.469 e. The lowest BCUT2D eigenvalue weighted by atomic mass is 9.33. The quantitative estimate of drug-likeness (QED) is 0.153. The Morgan fingerprint density at radius 3 is 2.20 bits per heavy atom. The molecule has 0 aromatic heterocycles. The number of carbonyl (C=O) groups excluding carboxylic acids is 3. The number of aliphatic hydroxyl groups excluding tert-OH is 5. The maximum absolute atomic E-state index is 14.6. The first kappa shape index (κ1) is 38.6. The zero-order chi connectivity index (χ0) is 37.5. The van der Waals surface area contributed by atoms with Gasteiger partial charge in [-0.05, 0) is 105 Å². The number of carbonyl (C=O) groups is 3. The molecule has 0 amide bonds. The van der Waals surface area contributed by atoms with Crippen LogP contribution in [0, 0.1) is 50.2 Å². The fourth-order valence-electron chi connectivity index (χ4n) is 12.5. The number of aliphatic hydroxyl groups is 5. The van der Waals surface area contributed by atoms with Gasteiger partial charge in [-0.3, -0.25) is 14.4 Å². The van der Waals surface area contributed by atoms with Crippen LogP contribution in [0.1, 0.15) is 106 Å². The van der Waals surface area contributed by atoms with E-state index in [1.807, 2.05) is 6.92 Å². The Morgan fingerprint density at radius 2 is 1.55 bits per heavy atom. The molecular formula is C39H60O12. The molecule has 1 aliphatic heterocycles. The van der Waals surface area contributed by atoms with Gasteiger partial charge in [-0.1, -0.05) is 39.3 Å². The number of esters is 3. The van der Waals surface area contributed by atoms with Gasteiger partial charge in [0.15, 0.2) is 0 Å². The van der Waals surface area contributed by atoms with E-state index in [2.05, 4.69) is 33.8 Å². The van der Waals surface area contributed by atoms with Crippen molar-refractivity contribution in [2.24, 2.45) is 50.2 Å². The molecule has 15 atom stereocenters. The summed E-state index contributed by atoms with van der Waals surface area (Å²) < 4.78 is 22.4. The summed E-state index contributed by atoms with van der Waals surface area (Å²) in [4.78, 5) is 39.9. The molecule has 288 valence electrons. The van der Waals surface area contributed by atoms with Crippen LogP contribution in [0.25, 0.3) is 0 Å². The Kier molecular flexibility index (Phi) is 9.88. The Bertz CT molecular complexity index is 1430. The van der Waals surface area contributed by atoms with Gasteiger partial charge in [-0.15, -0.1) is 0 Å². The largest absolute Gasteiger partial charge is 0.469 e. The minimum atomic E-state index is -1.71. The predicted molar refractivity (Wildman–Crippen MR) is 182 cm³/mol. The molecule has 1 heterocycles. The SMILES string of the molecule is COC(=O)[C@@]1(C)[C@@H]2CC[C@]3(C)[C@H](CC=C4[C@@H]5C[C@](C)(COC(C)=O)CC[C@]5(C(=O)O[C@@H]5O[C@H](CO)[C@@H](O)[C@H](O)[C@H]5O)CC[C@]43C)[C@@]2(C)CC[C@@H]1O. The van der Waals surface area contributed by atoms with Gasteiger partial charge in [0, 0.05) is 12.3 Å². The molecule has 6 aliphatic rings. The van der Waals surface area contributed by atoms with Crippen LogP contribution in [-0.2, 0) is 33.3 Å². The molecule has 12 heteroatoms. The van der Waals surface area contributed by atoms with E-state index in [-0.39, 0.29) is 52.5 Å². The highest BCUT2D eigenvalue weighted by atomic mass is 16.7. The van der Waals surface area contributed by atoms with E-state index in [0.717, 1.165) is 25.7 Å². The van der Waals surface area contributed by atoms with Crippen LogP contribution in [0.5, 0.6) is 0 Å². The van der Waals surface area contributed by atoms with Crippen LogP contribution in [0.15, 0.2) is 11.6 Å². The third-order valence-corrected chi connectivity index (χ3v) is 15.9. The van der Waals surface area contributed by atoms with Gasteiger partial charge in [-0.2, -0.15) is 0 Å². The van der Waals surface area contributed by atoms with Crippen LogP contribution in [0.2, 0.25) is 0 Å². The third kappa shape index (κ3) is 5.55. The van der Waals surface area contributed by atoms with Crippen molar-refractivity contribution in [1.29, 1.82) is 0 Å².